The number of hydrogen-bond donors (Lipinski definition) is 1. The van der Waals surface area contributed by atoms with E-state index in [0.29, 0.717) is 18.9 Å². The topological polar surface area (TPSA) is 57.6 Å². The molecule has 0 radical (unpaired) electrons. The normalized spacial score (nSPS) is 20.4. The van der Waals surface area contributed by atoms with Crippen molar-refractivity contribution in [3.63, 3.8) is 0 Å². The first-order valence-electron chi connectivity index (χ1n) is 5.70. The third kappa shape index (κ3) is 4.43. The van der Waals surface area contributed by atoms with E-state index in [1.54, 1.807) is 11.8 Å². The second-order valence-electron chi connectivity index (χ2n) is 4.08. The van der Waals surface area contributed by atoms with Crippen LogP contribution in [0.15, 0.2) is 0 Å². The number of carboxylic acid groups (broad SMARTS) is 1. The molecule has 0 spiro atoms. The van der Waals surface area contributed by atoms with Crippen LogP contribution >= 0.6 is 11.8 Å². The van der Waals surface area contributed by atoms with E-state index in [9.17, 15) is 9.59 Å². The smallest absolute Gasteiger partial charge is 0.303 e. The third-order valence-corrected chi connectivity index (χ3v) is 3.83. The quantitative estimate of drug-likeness (QED) is 0.692. The molecule has 1 rings (SSSR count). The van der Waals surface area contributed by atoms with Crippen molar-refractivity contribution in [2.75, 3.05) is 18.1 Å². The number of hydrogen-bond acceptors (Lipinski definition) is 3. The molecule has 16 heavy (non-hydrogen) atoms. The van der Waals surface area contributed by atoms with Crippen LogP contribution in [0.1, 0.15) is 32.6 Å². The average molecular weight is 245 g/mol. The van der Waals surface area contributed by atoms with E-state index in [0.717, 1.165) is 24.5 Å². The van der Waals surface area contributed by atoms with Gasteiger partial charge in [0.25, 0.3) is 0 Å². The molecule has 92 valence electrons. The molecule has 4 nitrogen and oxygen atoms in total. The number of carbonyl (C=O) groups is 2. The van der Waals surface area contributed by atoms with Gasteiger partial charge in [-0.2, -0.15) is 11.8 Å². The summed E-state index contributed by atoms with van der Waals surface area (Å²) < 4.78 is 0. The van der Waals surface area contributed by atoms with Gasteiger partial charge >= 0.3 is 5.97 Å². The zero-order chi connectivity index (χ0) is 12.0. The number of aliphatic carboxylic acids is 1. The van der Waals surface area contributed by atoms with E-state index in [2.05, 4.69) is 6.92 Å². The molecular weight excluding hydrogens is 226 g/mol. The Balaban J connectivity index is 2.02. The van der Waals surface area contributed by atoms with Gasteiger partial charge in [-0.25, -0.2) is 0 Å². The molecule has 0 saturated carbocycles. The van der Waals surface area contributed by atoms with Crippen molar-refractivity contribution in [1.82, 2.24) is 4.90 Å². The van der Waals surface area contributed by atoms with Gasteiger partial charge in [-0.15, -0.1) is 0 Å². The summed E-state index contributed by atoms with van der Waals surface area (Å²) >= 11 is 1.73. The van der Waals surface area contributed by atoms with Crippen LogP contribution in [0, 0.1) is 0 Å². The lowest BCUT2D eigenvalue weighted by atomic mass is 10.2. The van der Waals surface area contributed by atoms with Crippen LogP contribution in [-0.4, -0.2) is 46.0 Å². The number of likely N-dealkylation sites (tertiary alicyclic amines) is 1. The third-order valence-electron chi connectivity index (χ3n) is 2.78. The average Bonchev–Trinajstić information content (AvgIpc) is 2.53. The predicted molar refractivity (Wildman–Crippen MR) is 64.6 cm³/mol. The maximum absolute atomic E-state index is 11.4. The lowest BCUT2D eigenvalue weighted by Crippen LogP contribution is -2.32. The lowest BCUT2D eigenvalue weighted by Gasteiger charge is -2.21. The Bertz CT molecular complexity index is 258. The first kappa shape index (κ1) is 13.4. The van der Waals surface area contributed by atoms with Gasteiger partial charge in [-0.1, -0.05) is 0 Å². The summed E-state index contributed by atoms with van der Waals surface area (Å²) in [5.41, 5.74) is 0. The second-order valence-corrected chi connectivity index (χ2v) is 5.31. The van der Waals surface area contributed by atoms with Gasteiger partial charge < -0.3 is 10.0 Å². The van der Waals surface area contributed by atoms with E-state index in [4.69, 9.17) is 5.11 Å². The second kappa shape index (κ2) is 6.78. The molecule has 0 bridgehead atoms. The van der Waals surface area contributed by atoms with Gasteiger partial charge in [0.05, 0.1) is 0 Å². The highest BCUT2D eigenvalue weighted by atomic mass is 32.2. The SMILES string of the molecule is CC1CCC(=O)N1CCSCCCC(=O)O. The molecule has 0 aromatic rings. The number of nitrogens with zero attached hydrogens (tertiary/aromatic N) is 1. The molecule has 1 heterocycles. The van der Waals surface area contributed by atoms with E-state index in [-0.39, 0.29) is 12.3 Å². The Kier molecular flexibility index (Phi) is 5.66. The Labute approximate surface area is 100 Å². The van der Waals surface area contributed by atoms with Crippen LogP contribution in [0.2, 0.25) is 0 Å². The molecule has 1 amide bonds. The molecule has 5 heteroatoms. The van der Waals surface area contributed by atoms with Crippen LogP contribution in [0.5, 0.6) is 0 Å². The van der Waals surface area contributed by atoms with Crippen LogP contribution in [0.3, 0.4) is 0 Å². The van der Waals surface area contributed by atoms with Crippen molar-refractivity contribution in [2.24, 2.45) is 0 Å². The minimum absolute atomic E-state index is 0.242. The highest BCUT2D eigenvalue weighted by molar-refractivity contribution is 7.99. The summed E-state index contributed by atoms with van der Waals surface area (Å²) in [4.78, 5) is 23.6. The molecule has 1 unspecified atom stereocenters. The molecule has 1 aliphatic rings. The maximum Gasteiger partial charge on any atom is 0.303 e. The van der Waals surface area contributed by atoms with Crippen molar-refractivity contribution in [3.05, 3.63) is 0 Å². The van der Waals surface area contributed by atoms with Gasteiger partial charge in [0.15, 0.2) is 0 Å². The van der Waals surface area contributed by atoms with E-state index in [1.807, 2.05) is 4.90 Å². The fraction of sp³-hybridized carbons (Fsp3) is 0.818. The Morgan fingerprint density at radius 1 is 1.56 bits per heavy atom. The Hall–Kier alpha value is -0.710. The van der Waals surface area contributed by atoms with Crippen molar-refractivity contribution in [2.45, 2.75) is 38.6 Å². The number of amides is 1. The van der Waals surface area contributed by atoms with Crippen LogP contribution in [0.4, 0.5) is 0 Å². The number of rotatable bonds is 7. The minimum atomic E-state index is -0.732. The summed E-state index contributed by atoms with van der Waals surface area (Å²) in [7, 11) is 0. The predicted octanol–water partition coefficient (Wildman–Crippen LogP) is 1.60. The van der Waals surface area contributed by atoms with E-state index < -0.39 is 5.97 Å². The fourth-order valence-electron chi connectivity index (χ4n) is 1.81. The molecule has 0 aromatic heterocycles. The van der Waals surface area contributed by atoms with Crippen molar-refractivity contribution >= 4 is 23.6 Å². The molecule has 1 aliphatic heterocycles. The minimum Gasteiger partial charge on any atom is -0.481 e. The van der Waals surface area contributed by atoms with Gasteiger partial charge in [-0.3, -0.25) is 9.59 Å². The van der Waals surface area contributed by atoms with E-state index >= 15 is 0 Å². The summed E-state index contributed by atoms with van der Waals surface area (Å²) in [5.74, 6) is 1.31. The van der Waals surface area contributed by atoms with Crippen molar-refractivity contribution in [3.8, 4) is 0 Å². The molecule has 1 fully saturated rings. The lowest BCUT2D eigenvalue weighted by molar-refractivity contribution is -0.137. The Morgan fingerprint density at radius 2 is 2.31 bits per heavy atom. The number of thioether (sulfide) groups is 1. The highest BCUT2D eigenvalue weighted by Crippen LogP contribution is 2.18. The zero-order valence-corrected chi connectivity index (χ0v) is 10.5. The standard InChI is InChI=1S/C11H19NO3S/c1-9-4-5-10(13)12(9)6-8-16-7-2-3-11(14)15/h9H,2-8H2,1H3,(H,14,15). The van der Waals surface area contributed by atoms with Gasteiger partial charge in [0.1, 0.15) is 0 Å². The number of carboxylic acids is 1. The van der Waals surface area contributed by atoms with Crippen molar-refractivity contribution in [1.29, 1.82) is 0 Å². The van der Waals surface area contributed by atoms with Crippen LogP contribution < -0.4 is 0 Å². The molecule has 0 aromatic carbocycles. The van der Waals surface area contributed by atoms with Crippen LogP contribution in [0.25, 0.3) is 0 Å². The summed E-state index contributed by atoms with van der Waals surface area (Å²) in [6.07, 6.45) is 2.61. The summed E-state index contributed by atoms with van der Waals surface area (Å²) in [6.45, 7) is 2.89. The van der Waals surface area contributed by atoms with E-state index in [1.165, 1.54) is 0 Å². The monoisotopic (exact) mass is 245 g/mol. The zero-order valence-electron chi connectivity index (χ0n) is 9.65. The first-order valence-corrected chi connectivity index (χ1v) is 6.85. The van der Waals surface area contributed by atoms with Gasteiger partial charge in [0.2, 0.25) is 5.91 Å². The molecule has 1 N–H and O–H groups in total. The summed E-state index contributed by atoms with van der Waals surface area (Å²) in [6, 6.07) is 0.382. The maximum atomic E-state index is 11.4. The largest absolute Gasteiger partial charge is 0.481 e. The Morgan fingerprint density at radius 3 is 2.88 bits per heavy atom. The van der Waals surface area contributed by atoms with Gasteiger partial charge in [0, 0.05) is 31.2 Å². The fourth-order valence-corrected chi connectivity index (χ4v) is 2.69. The summed E-state index contributed by atoms with van der Waals surface area (Å²) in [5, 5.41) is 8.45. The molecule has 0 aliphatic carbocycles. The van der Waals surface area contributed by atoms with Gasteiger partial charge in [-0.05, 0) is 25.5 Å². The first-order chi connectivity index (χ1) is 7.61. The van der Waals surface area contributed by atoms with Crippen molar-refractivity contribution < 1.29 is 14.7 Å². The molecule has 1 saturated heterocycles. The molecular formula is C11H19NO3S. The number of carbonyl (C=O) groups excluding carboxylic acids is 1. The van der Waals surface area contributed by atoms with Crippen LogP contribution in [-0.2, 0) is 9.59 Å². The molecule has 1 atom stereocenters. The highest BCUT2D eigenvalue weighted by Gasteiger charge is 2.26.